The lowest BCUT2D eigenvalue weighted by molar-refractivity contribution is -0.296. The molecule has 0 radical (unpaired) electrons. The maximum absolute atomic E-state index is 16.1. The first-order valence-electron chi connectivity index (χ1n) is 20.2. The Hall–Kier alpha value is -3.45. The molecule has 0 aromatic carbocycles. The van der Waals surface area contributed by atoms with E-state index in [-0.39, 0.29) is 29.1 Å². The number of hydrogen-bond donors (Lipinski definition) is 7. The number of aromatic nitrogens is 3. The summed E-state index contributed by atoms with van der Waals surface area (Å²) in [4.78, 5) is 92.0. The summed E-state index contributed by atoms with van der Waals surface area (Å²) in [6, 6.07) is 1.34. The average Bonchev–Trinajstić information content (AvgIpc) is 3.73. The zero-order valence-corrected chi connectivity index (χ0v) is 37.6. The van der Waals surface area contributed by atoms with Crippen LogP contribution < -0.4 is 11.3 Å². The van der Waals surface area contributed by atoms with Gasteiger partial charge in [-0.1, -0.05) is 58.3 Å². The molecular weight excluding hydrogens is 905 g/mol. The number of esters is 4. The number of aliphatic hydroxyl groups is 2. The first kappa shape index (κ1) is 52.2. The molecule has 2 aromatic rings. The number of aromatic amines is 2. The van der Waals surface area contributed by atoms with Gasteiger partial charge in [0.25, 0.3) is 5.56 Å². The van der Waals surface area contributed by atoms with Gasteiger partial charge < -0.3 is 63.7 Å². The number of unbranched alkanes of at least 4 members (excludes halogenated alkanes) is 8. The minimum Gasteiger partial charge on any atom is -0.462 e. The highest BCUT2D eigenvalue weighted by Gasteiger charge is 2.57. The Morgan fingerprint density at radius 1 is 0.905 bits per heavy atom. The van der Waals surface area contributed by atoms with Crippen molar-refractivity contribution >= 4 is 67.2 Å². The third-order valence-electron chi connectivity index (χ3n) is 9.72. The van der Waals surface area contributed by atoms with E-state index in [1.54, 1.807) is 0 Å². The van der Waals surface area contributed by atoms with Gasteiger partial charge in [0, 0.05) is 32.9 Å². The number of nitrogens with one attached hydrogen (secondary N) is 2. The second-order valence-corrected chi connectivity index (χ2v) is 19.3. The molecule has 0 bridgehead atoms. The summed E-state index contributed by atoms with van der Waals surface area (Å²) in [6.07, 6.45) is -10.2. The molecule has 0 saturated carbocycles. The van der Waals surface area contributed by atoms with Crippen molar-refractivity contribution in [3.63, 3.8) is 0 Å². The molecule has 2 unspecified atom stereocenters. The largest absolute Gasteiger partial charge is 0.481 e. The molecule has 0 spiro atoms. The summed E-state index contributed by atoms with van der Waals surface area (Å²) in [5.41, 5.74) is 5.14. The topological polar surface area (TPSA) is 337 Å². The summed E-state index contributed by atoms with van der Waals surface area (Å²) in [7, 11) is -5.77. The summed E-state index contributed by atoms with van der Waals surface area (Å²) in [5.74, 6) is -4.20. The van der Waals surface area contributed by atoms with Crippen molar-refractivity contribution in [2.75, 3.05) is 18.9 Å². The van der Waals surface area contributed by atoms with Crippen LogP contribution in [-0.2, 0) is 77.3 Å². The van der Waals surface area contributed by atoms with Gasteiger partial charge in [-0.05, 0) is 24.3 Å². The summed E-state index contributed by atoms with van der Waals surface area (Å²) in [5, 5.41) is 21.4. The van der Waals surface area contributed by atoms with Gasteiger partial charge in [-0.3, -0.25) is 33.5 Å². The zero-order chi connectivity index (χ0) is 46.6. The Bertz CT molecular complexity index is 2040. The predicted molar refractivity (Wildman–Crippen MR) is 218 cm³/mol. The van der Waals surface area contributed by atoms with E-state index in [0.29, 0.717) is 6.42 Å². The van der Waals surface area contributed by atoms with E-state index >= 15 is 4.39 Å². The van der Waals surface area contributed by atoms with Gasteiger partial charge >= 0.3 is 38.4 Å². The second-order valence-electron chi connectivity index (χ2n) is 14.9. The lowest BCUT2D eigenvalue weighted by Crippen LogP contribution is -2.64. The highest BCUT2D eigenvalue weighted by molar-refractivity contribution is 8.08. The fraction of sp³-hybridized carbons (Fsp3) is 0.722. The number of halogens is 1. The molecule has 2 aliphatic rings. The van der Waals surface area contributed by atoms with E-state index in [4.69, 9.17) is 59.3 Å². The molecule has 4 rings (SSSR count). The number of phosphoric ester groups is 1. The number of H-pyrrole nitrogens is 2. The molecule has 0 aliphatic carbocycles. The van der Waals surface area contributed by atoms with Crippen molar-refractivity contribution in [2.24, 2.45) is 0 Å². The third-order valence-corrected chi connectivity index (χ3v) is 13.2. The number of fused-ring (bicyclic) bond motifs is 1. The normalized spacial score (nSPS) is 27.2. The Morgan fingerprint density at radius 3 is 2.11 bits per heavy atom. The molecule has 2 aliphatic heterocycles. The van der Waals surface area contributed by atoms with Gasteiger partial charge in [0.15, 0.2) is 24.5 Å². The predicted octanol–water partition coefficient (Wildman–Crippen LogP) is 2.68. The first-order valence-corrected chi connectivity index (χ1v) is 24.3. The molecule has 12 atom stereocenters. The van der Waals surface area contributed by atoms with E-state index in [1.165, 1.54) is 18.9 Å². The van der Waals surface area contributed by atoms with Crippen molar-refractivity contribution in [3.05, 3.63) is 22.1 Å². The van der Waals surface area contributed by atoms with E-state index < -0.39 is 118 Å². The number of ether oxygens (including phenoxy) is 6. The van der Waals surface area contributed by atoms with Crippen molar-refractivity contribution in [3.8, 4) is 0 Å². The van der Waals surface area contributed by atoms with E-state index in [1.807, 2.05) is 0 Å². The number of aliphatic hydroxyl groups excluding tert-OH is 2. The standard InChI is InChI=1S/C36H55FN4O19P2S/c1-5-6-7-8-9-10-11-12-13-14-25(45)52-16-21(37)29-31(54-18(2)42)32(55-19(3)43)33(56-20(4)44)35(58-29)59-61(49,50)60-62(51,63)53-17-24-27(46)28(47)30(57-24)23-15-22-26(39-23)34(48)41-36(38)40-22/h15,21,24,27-33,35,39,46-47H,5-14,16-17H2,1-4H3,(H,49,50)(H,51,63)(H3,38,40,41,48)/t21-,24+,27+,28+,29+,30-,31+,32-,33-,35-,62?/m0/s1. The third kappa shape index (κ3) is 15.6. The number of nitrogen functional groups attached to an aromatic ring is 1. The number of carbonyl (C=O) groups excluding carboxylic acids is 4. The number of nitrogens with two attached hydrogens (primary N) is 1. The number of anilines is 1. The van der Waals surface area contributed by atoms with Gasteiger partial charge in [-0.25, -0.2) is 18.3 Å². The summed E-state index contributed by atoms with van der Waals surface area (Å²) < 4.78 is 76.5. The van der Waals surface area contributed by atoms with Gasteiger partial charge in [-0.2, -0.15) is 0 Å². The molecule has 23 nitrogen and oxygen atoms in total. The molecule has 356 valence electrons. The Kier molecular flexibility index (Phi) is 19.6. The Morgan fingerprint density at radius 2 is 1.49 bits per heavy atom. The zero-order valence-electron chi connectivity index (χ0n) is 35.0. The van der Waals surface area contributed by atoms with E-state index in [9.17, 15) is 48.5 Å². The van der Waals surface area contributed by atoms with Crippen LogP contribution in [0.25, 0.3) is 11.0 Å². The van der Waals surface area contributed by atoms with Crippen LogP contribution in [0.4, 0.5) is 10.3 Å². The van der Waals surface area contributed by atoms with Crippen LogP contribution in [0.3, 0.4) is 0 Å². The lowest BCUT2D eigenvalue weighted by atomic mass is 9.95. The van der Waals surface area contributed by atoms with Gasteiger partial charge in [0.2, 0.25) is 12.2 Å². The molecule has 2 fully saturated rings. The molecule has 27 heteroatoms. The smallest absolute Gasteiger partial charge is 0.462 e. The van der Waals surface area contributed by atoms with Crippen molar-refractivity contribution in [1.82, 2.24) is 15.0 Å². The number of alkyl halides is 1. The van der Waals surface area contributed by atoms with E-state index in [0.717, 1.165) is 59.3 Å². The van der Waals surface area contributed by atoms with Crippen LogP contribution in [-0.4, -0.2) is 127 Å². The maximum atomic E-state index is 16.1. The van der Waals surface area contributed by atoms with Crippen LogP contribution >= 0.6 is 14.5 Å². The minimum absolute atomic E-state index is 0.0162. The average molecular weight is 961 g/mol. The van der Waals surface area contributed by atoms with Gasteiger partial charge in [0.1, 0.15) is 42.6 Å². The number of nitrogens with zero attached hydrogens (tertiary/aromatic N) is 1. The summed E-state index contributed by atoms with van der Waals surface area (Å²) in [6.45, 7) is -1.94. The SMILES string of the molecule is CCCCCCCCCCCC(=O)OC[C@H](F)[C@H]1O[C@@H](OP(=O)(O)OP(O)(=S)OC[C@H]2O[C@@H](c3cc4nc(N)[nH]c(=O)c4[nH]3)[C@H](O)[C@@H]2O)[C@@H](OC(C)=O)[C@@H](OC(C)=O)[C@@H]1OC(C)=O. The van der Waals surface area contributed by atoms with Crippen LogP contribution in [0, 0.1) is 0 Å². The molecule has 8 N–H and O–H groups in total. The minimum atomic E-state index is -5.77. The van der Waals surface area contributed by atoms with Crippen molar-refractivity contribution in [2.45, 2.75) is 153 Å². The van der Waals surface area contributed by atoms with Crippen LogP contribution in [0.1, 0.15) is 104 Å². The Balaban J connectivity index is 1.44. The lowest BCUT2D eigenvalue weighted by Gasteiger charge is -2.45. The quantitative estimate of drug-likeness (QED) is 0.0344. The highest BCUT2D eigenvalue weighted by Crippen LogP contribution is 2.62. The molecular formula is C36H55FN4O19P2S. The van der Waals surface area contributed by atoms with Crippen LogP contribution in [0.5, 0.6) is 0 Å². The monoisotopic (exact) mass is 960 g/mol. The molecule has 63 heavy (non-hydrogen) atoms. The summed E-state index contributed by atoms with van der Waals surface area (Å²) >= 11 is 4.88. The van der Waals surface area contributed by atoms with Gasteiger partial charge in [-0.15, -0.1) is 0 Å². The van der Waals surface area contributed by atoms with Crippen molar-refractivity contribution in [1.29, 1.82) is 0 Å². The Labute approximate surface area is 365 Å². The molecule has 2 saturated heterocycles. The number of rotatable bonds is 24. The van der Waals surface area contributed by atoms with Crippen LogP contribution in [0.2, 0.25) is 0 Å². The maximum Gasteiger partial charge on any atom is 0.481 e. The second kappa shape index (κ2) is 23.7. The molecule has 2 aromatic heterocycles. The van der Waals surface area contributed by atoms with Gasteiger partial charge in [0.05, 0.1) is 12.1 Å². The van der Waals surface area contributed by atoms with Crippen molar-refractivity contribution < 1.29 is 89.9 Å². The fourth-order valence-electron chi connectivity index (χ4n) is 6.93. The first-order chi connectivity index (χ1) is 29.6. The van der Waals surface area contributed by atoms with E-state index in [2.05, 4.69) is 21.9 Å². The number of hydrogen-bond acceptors (Lipinski definition) is 20. The number of phosphoric acid groups is 1. The highest BCUT2D eigenvalue weighted by atomic mass is 32.5. The fourth-order valence-corrected chi connectivity index (χ4v) is 10.0. The molecule has 4 heterocycles. The number of carbonyl (C=O) groups is 4. The molecule has 0 amide bonds. The van der Waals surface area contributed by atoms with Crippen LogP contribution in [0.15, 0.2) is 10.9 Å².